The van der Waals surface area contributed by atoms with Crippen molar-refractivity contribution in [1.29, 1.82) is 0 Å². The Labute approximate surface area is 384 Å². The molecule has 0 saturated carbocycles. The summed E-state index contributed by atoms with van der Waals surface area (Å²) in [5.74, 6) is 1.06. The number of hydrogen-bond donors (Lipinski definition) is 0. The standard InChI is InChI=1S/C26H50O4.C25H47NO4.C2H6/c1-3-5-7-9-12-16-20-25(21-17-13-10-8-6-4-2)30-26(28)22-18-14-11-15-19-23-29-24-27;1-5-6-7-8-12-19-29-24(27)13-10-9-11-17-26-18-16-23(20-26)30-25(28)15-14-22(4)21(2)3;1-2/h24-25H,3-23H2,1-2H3;21-23H,5-20H2,1-4H3;1-2H3. The minimum Gasteiger partial charge on any atom is -0.468 e. The number of nitrogens with zero attached hydrogens (tertiary/aromatic N) is 1. The van der Waals surface area contributed by atoms with Crippen molar-refractivity contribution >= 4 is 24.4 Å². The van der Waals surface area contributed by atoms with E-state index in [1.807, 2.05) is 13.8 Å². The third-order valence-electron chi connectivity index (χ3n) is 12.1. The van der Waals surface area contributed by atoms with Gasteiger partial charge in [0, 0.05) is 32.4 Å². The van der Waals surface area contributed by atoms with Crippen molar-refractivity contribution < 1.29 is 38.1 Å². The zero-order valence-corrected chi connectivity index (χ0v) is 42.3. The van der Waals surface area contributed by atoms with Crippen LogP contribution in [0.15, 0.2) is 0 Å². The van der Waals surface area contributed by atoms with Crippen molar-refractivity contribution in [1.82, 2.24) is 4.90 Å². The Bertz CT molecular complexity index is 975. The molecule has 1 aliphatic heterocycles. The van der Waals surface area contributed by atoms with Gasteiger partial charge in [0.15, 0.2) is 0 Å². The van der Waals surface area contributed by atoms with Gasteiger partial charge in [0.25, 0.3) is 6.47 Å². The van der Waals surface area contributed by atoms with E-state index < -0.39 is 0 Å². The molecule has 1 saturated heterocycles. The molecule has 0 aromatic carbocycles. The molecule has 0 aromatic heterocycles. The minimum atomic E-state index is -0.0505. The number of esters is 3. The topological polar surface area (TPSA) is 108 Å². The van der Waals surface area contributed by atoms with Gasteiger partial charge < -0.3 is 18.9 Å². The van der Waals surface area contributed by atoms with Crippen LogP contribution in [0.4, 0.5) is 0 Å². The number of likely N-dealkylation sites (tertiary alicyclic amines) is 1. The molecular weight excluding hydrogens is 779 g/mol. The molecule has 0 amide bonds. The molecule has 2 unspecified atom stereocenters. The van der Waals surface area contributed by atoms with Crippen molar-refractivity contribution in [2.45, 2.75) is 273 Å². The average molecular weight is 882 g/mol. The average Bonchev–Trinajstić information content (AvgIpc) is 3.71. The fourth-order valence-corrected chi connectivity index (χ4v) is 7.61. The predicted molar refractivity (Wildman–Crippen MR) is 259 cm³/mol. The number of ether oxygens (including phenoxy) is 4. The summed E-state index contributed by atoms with van der Waals surface area (Å²) in [5.41, 5.74) is 0. The molecule has 1 rings (SSSR count). The van der Waals surface area contributed by atoms with E-state index in [9.17, 15) is 19.2 Å². The van der Waals surface area contributed by atoms with E-state index in [0.717, 1.165) is 110 Å². The van der Waals surface area contributed by atoms with Gasteiger partial charge in [-0.3, -0.25) is 24.1 Å². The lowest BCUT2D eigenvalue weighted by Gasteiger charge is -2.18. The van der Waals surface area contributed by atoms with Crippen LogP contribution < -0.4 is 0 Å². The van der Waals surface area contributed by atoms with Gasteiger partial charge in [0.1, 0.15) is 12.2 Å². The summed E-state index contributed by atoms with van der Waals surface area (Å²) in [5, 5.41) is 0. The summed E-state index contributed by atoms with van der Waals surface area (Å²) in [6.45, 7) is 21.7. The zero-order chi connectivity index (χ0) is 46.3. The molecule has 62 heavy (non-hydrogen) atoms. The van der Waals surface area contributed by atoms with Gasteiger partial charge in [-0.25, -0.2) is 0 Å². The molecule has 1 aliphatic rings. The maximum absolute atomic E-state index is 12.3. The molecule has 0 aromatic rings. The van der Waals surface area contributed by atoms with E-state index in [1.165, 1.54) is 96.3 Å². The summed E-state index contributed by atoms with van der Waals surface area (Å²) in [7, 11) is 0. The van der Waals surface area contributed by atoms with Crippen LogP contribution in [-0.2, 0) is 38.1 Å². The van der Waals surface area contributed by atoms with Gasteiger partial charge >= 0.3 is 17.9 Å². The highest BCUT2D eigenvalue weighted by molar-refractivity contribution is 5.70. The first-order valence-electron chi connectivity index (χ1n) is 26.5. The first-order valence-corrected chi connectivity index (χ1v) is 26.5. The highest BCUT2D eigenvalue weighted by Crippen LogP contribution is 2.20. The minimum absolute atomic E-state index is 0.0127. The molecular formula is C53H103NO8. The number of carbonyl (C=O) groups excluding carboxylic acids is 4. The smallest absolute Gasteiger partial charge is 0.306 e. The Kier molecular flexibility index (Phi) is 48.2. The molecule has 0 radical (unpaired) electrons. The van der Waals surface area contributed by atoms with Crippen molar-refractivity contribution in [3.8, 4) is 0 Å². The molecule has 2 atom stereocenters. The lowest BCUT2D eigenvalue weighted by atomic mass is 9.93. The largest absolute Gasteiger partial charge is 0.468 e. The Balaban J connectivity index is 0. The van der Waals surface area contributed by atoms with Crippen molar-refractivity contribution in [2.75, 3.05) is 32.8 Å². The van der Waals surface area contributed by atoms with Gasteiger partial charge in [0.05, 0.1) is 13.2 Å². The molecule has 1 heterocycles. The summed E-state index contributed by atoms with van der Waals surface area (Å²) < 4.78 is 21.5. The Morgan fingerprint density at radius 1 is 0.565 bits per heavy atom. The summed E-state index contributed by atoms with van der Waals surface area (Å²) in [4.78, 5) is 48.6. The fourth-order valence-electron chi connectivity index (χ4n) is 7.61. The second-order valence-electron chi connectivity index (χ2n) is 18.1. The molecule has 0 bridgehead atoms. The predicted octanol–water partition coefficient (Wildman–Crippen LogP) is 14.7. The van der Waals surface area contributed by atoms with Gasteiger partial charge in [-0.2, -0.15) is 0 Å². The molecule has 0 N–H and O–H groups in total. The molecule has 368 valence electrons. The zero-order valence-electron chi connectivity index (χ0n) is 42.3. The van der Waals surface area contributed by atoms with Crippen LogP contribution in [0.1, 0.15) is 261 Å². The van der Waals surface area contributed by atoms with Crippen LogP contribution in [0, 0.1) is 11.8 Å². The van der Waals surface area contributed by atoms with Gasteiger partial charge in [0.2, 0.25) is 0 Å². The van der Waals surface area contributed by atoms with E-state index in [-0.39, 0.29) is 30.1 Å². The van der Waals surface area contributed by atoms with Crippen LogP contribution in [0.25, 0.3) is 0 Å². The van der Waals surface area contributed by atoms with Crippen LogP contribution >= 0.6 is 0 Å². The lowest BCUT2D eigenvalue weighted by molar-refractivity contribution is -0.150. The lowest BCUT2D eigenvalue weighted by Crippen LogP contribution is -2.26. The van der Waals surface area contributed by atoms with E-state index in [0.29, 0.717) is 50.8 Å². The van der Waals surface area contributed by atoms with Gasteiger partial charge in [-0.1, -0.05) is 171 Å². The van der Waals surface area contributed by atoms with Crippen LogP contribution in [0.5, 0.6) is 0 Å². The van der Waals surface area contributed by atoms with Gasteiger partial charge in [-0.05, 0) is 89.0 Å². The maximum Gasteiger partial charge on any atom is 0.306 e. The SMILES string of the molecule is CC.CCCCCCCCC(CCCCCCCC)OC(=O)CCCCCCCOC=O.CCCCCCCOC(=O)CCCCCN1CCC(OC(=O)CCC(C)C(C)C)C1. The fraction of sp³-hybridized carbons (Fsp3) is 0.925. The molecule has 9 nitrogen and oxygen atoms in total. The van der Waals surface area contributed by atoms with Crippen LogP contribution in [-0.4, -0.2) is 74.3 Å². The highest BCUT2D eigenvalue weighted by Gasteiger charge is 2.25. The molecule has 0 aliphatic carbocycles. The first-order chi connectivity index (χ1) is 30.2. The molecule has 0 spiro atoms. The Morgan fingerprint density at radius 3 is 1.60 bits per heavy atom. The number of unbranched alkanes of at least 4 members (excludes halogenated alkanes) is 20. The highest BCUT2D eigenvalue weighted by atomic mass is 16.5. The second-order valence-corrected chi connectivity index (χ2v) is 18.1. The Hall–Kier alpha value is -2.16. The summed E-state index contributed by atoms with van der Waals surface area (Å²) in [6, 6.07) is 0. The first kappa shape index (κ1) is 61.9. The monoisotopic (exact) mass is 882 g/mol. The van der Waals surface area contributed by atoms with E-state index in [1.54, 1.807) is 0 Å². The molecule has 9 heteroatoms. The third-order valence-corrected chi connectivity index (χ3v) is 12.1. The number of hydrogen-bond acceptors (Lipinski definition) is 9. The van der Waals surface area contributed by atoms with Crippen LogP contribution in [0.3, 0.4) is 0 Å². The number of carbonyl (C=O) groups is 4. The Morgan fingerprint density at radius 2 is 1.05 bits per heavy atom. The normalized spacial score (nSPS) is 14.1. The van der Waals surface area contributed by atoms with E-state index >= 15 is 0 Å². The third kappa shape index (κ3) is 43.1. The molecule has 1 fully saturated rings. The maximum atomic E-state index is 12.3. The summed E-state index contributed by atoms with van der Waals surface area (Å²) >= 11 is 0. The van der Waals surface area contributed by atoms with E-state index in [4.69, 9.17) is 14.2 Å². The second kappa shape index (κ2) is 48.3. The van der Waals surface area contributed by atoms with Gasteiger partial charge in [-0.15, -0.1) is 0 Å². The van der Waals surface area contributed by atoms with Crippen molar-refractivity contribution in [2.24, 2.45) is 11.8 Å². The summed E-state index contributed by atoms with van der Waals surface area (Å²) in [6.07, 6.45) is 35.0. The quantitative estimate of drug-likeness (QED) is 0.0257. The van der Waals surface area contributed by atoms with Crippen molar-refractivity contribution in [3.63, 3.8) is 0 Å². The number of rotatable bonds is 41. The van der Waals surface area contributed by atoms with Crippen molar-refractivity contribution in [3.05, 3.63) is 0 Å². The van der Waals surface area contributed by atoms with Crippen LogP contribution in [0.2, 0.25) is 0 Å². The van der Waals surface area contributed by atoms with E-state index in [2.05, 4.69) is 51.2 Å².